The fraction of sp³-hybridized carbons (Fsp3) is 0.143. The summed E-state index contributed by atoms with van der Waals surface area (Å²) in [5, 5.41) is 12.2. The molecular weight excluding hydrogens is 531 g/mol. The highest BCUT2D eigenvalue weighted by Crippen LogP contribution is 2.62. The van der Waals surface area contributed by atoms with Gasteiger partial charge in [-0.25, -0.2) is 0 Å². The summed E-state index contributed by atoms with van der Waals surface area (Å²) < 4.78 is 0. The maximum absolute atomic E-state index is 11.6. The van der Waals surface area contributed by atoms with Crippen LogP contribution in [-0.2, 0) is 18.9 Å². The largest absolute Gasteiger partial charge is 0.399 e. The molecule has 4 aromatic rings. The molecule has 0 unspecified atom stereocenters. The molecule has 0 atom stereocenters. The van der Waals surface area contributed by atoms with Gasteiger partial charge in [0.05, 0.1) is 15.0 Å². The van der Waals surface area contributed by atoms with E-state index in [1.807, 2.05) is 58.0 Å². The van der Waals surface area contributed by atoms with Gasteiger partial charge >= 0.3 is 0 Å². The predicted octanol–water partition coefficient (Wildman–Crippen LogP) is 8.41. The zero-order valence-electron chi connectivity index (χ0n) is 20.3. The molecule has 8 heteroatoms. The minimum absolute atomic E-state index is 0.107. The Kier molecular flexibility index (Phi) is 6.77. The van der Waals surface area contributed by atoms with Crippen LogP contribution < -0.4 is 5.73 Å². The van der Waals surface area contributed by atoms with Gasteiger partial charge in [-0.3, -0.25) is 10.1 Å². The lowest BCUT2D eigenvalue weighted by Crippen LogP contribution is -2.35. The number of hydrogen-bond donors (Lipinski definition) is 1. The minimum atomic E-state index is -3.73. The first-order valence-corrected chi connectivity index (χ1v) is 14.9. The number of nitrogens with zero attached hydrogens (tertiary/aromatic N) is 1. The summed E-state index contributed by atoms with van der Waals surface area (Å²) in [4.78, 5) is 14.2. The van der Waals surface area contributed by atoms with E-state index >= 15 is 0 Å². The quantitative estimate of drug-likeness (QED) is 0.152. The van der Waals surface area contributed by atoms with Crippen LogP contribution in [-0.4, -0.2) is 4.92 Å². The zero-order valence-corrected chi connectivity index (χ0v) is 23.5. The Labute approximate surface area is 225 Å². The monoisotopic (exact) mass is 556 g/mol. The van der Waals surface area contributed by atoms with E-state index < -0.39 is 12.6 Å². The fourth-order valence-electron chi connectivity index (χ4n) is 4.94. The zero-order chi connectivity index (χ0) is 26.4. The van der Waals surface area contributed by atoms with Crippen LogP contribution in [0.15, 0.2) is 92.4 Å². The third-order valence-corrected chi connectivity index (χ3v) is 14.4. The number of nitro benzene ring substituents is 1. The van der Waals surface area contributed by atoms with E-state index in [2.05, 4.69) is 12.1 Å². The average Bonchev–Trinajstić information content (AvgIpc) is 2.78. The van der Waals surface area contributed by atoms with Crippen LogP contribution in [0.2, 0.25) is 10.0 Å². The smallest absolute Gasteiger partial charge is 0.270 e. The Bertz CT molecular complexity index is 1480. The molecule has 186 valence electrons. The molecule has 2 N–H and O–H groups in total. The number of aryl methyl sites for hydroxylation is 4. The molecule has 0 saturated carbocycles. The summed E-state index contributed by atoms with van der Waals surface area (Å²) in [6.07, 6.45) is 0. The van der Waals surface area contributed by atoms with Gasteiger partial charge in [0.25, 0.3) is 5.69 Å². The van der Waals surface area contributed by atoms with Gasteiger partial charge in [-0.05, 0) is 75.2 Å². The molecule has 4 nitrogen and oxygen atoms in total. The minimum Gasteiger partial charge on any atom is -0.399 e. The van der Waals surface area contributed by atoms with Crippen LogP contribution in [0.3, 0.4) is 0 Å². The Hall–Kier alpha value is -2.77. The number of nitro groups is 1. The Morgan fingerprint density at radius 3 is 1.58 bits per heavy atom. The van der Waals surface area contributed by atoms with Crippen LogP contribution in [0, 0.1) is 37.8 Å². The number of hydrogen-bond acceptors (Lipinski definition) is 4. The molecule has 0 aromatic heterocycles. The topological polar surface area (TPSA) is 69.2 Å². The molecular formula is C28H26Cl2N2O2S2. The van der Waals surface area contributed by atoms with Crippen LogP contribution in [0.5, 0.6) is 0 Å². The number of nitrogen functional groups attached to an aromatic ring is 1. The number of anilines is 1. The lowest BCUT2D eigenvalue weighted by atomic mass is 10.1. The van der Waals surface area contributed by atoms with Crippen molar-refractivity contribution in [2.24, 2.45) is 0 Å². The SMILES string of the molecule is Cc1ccc(S(=S)(c2ccc(C)cc2C)(c2ccc(N)cc2Cl)c2ccc([N+](=O)[O-])cc2Cl)c(C)c1. The van der Waals surface area contributed by atoms with Crippen molar-refractivity contribution in [2.45, 2.75) is 47.3 Å². The van der Waals surface area contributed by atoms with Crippen molar-refractivity contribution in [3.8, 4) is 0 Å². The van der Waals surface area contributed by atoms with Gasteiger partial charge in [0.1, 0.15) is 0 Å². The lowest BCUT2D eigenvalue weighted by molar-refractivity contribution is -0.384. The van der Waals surface area contributed by atoms with Crippen LogP contribution in [0.25, 0.3) is 0 Å². The van der Waals surface area contributed by atoms with Gasteiger partial charge in [0.15, 0.2) is 0 Å². The van der Waals surface area contributed by atoms with Gasteiger partial charge < -0.3 is 5.73 Å². The van der Waals surface area contributed by atoms with E-state index in [9.17, 15) is 10.1 Å². The normalized spacial score (nSPS) is 12.7. The van der Waals surface area contributed by atoms with Crippen molar-refractivity contribution in [1.82, 2.24) is 0 Å². The van der Waals surface area contributed by atoms with Gasteiger partial charge in [-0.1, -0.05) is 77.5 Å². The second kappa shape index (κ2) is 9.27. The molecule has 0 aliphatic carbocycles. The van der Waals surface area contributed by atoms with E-state index in [4.69, 9.17) is 40.1 Å². The molecule has 4 aromatic carbocycles. The highest BCUT2D eigenvalue weighted by molar-refractivity contribution is 8.52. The van der Waals surface area contributed by atoms with Crippen molar-refractivity contribution in [3.63, 3.8) is 0 Å². The molecule has 0 aliphatic rings. The summed E-state index contributed by atoms with van der Waals surface area (Å²) in [5.74, 6) is 0. The van der Waals surface area contributed by atoms with E-state index in [-0.39, 0.29) is 10.7 Å². The predicted molar refractivity (Wildman–Crippen MR) is 154 cm³/mol. The molecule has 0 fully saturated rings. The van der Waals surface area contributed by atoms with Crippen molar-refractivity contribution >= 4 is 53.5 Å². The lowest BCUT2D eigenvalue weighted by Gasteiger charge is -2.50. The van der Waals surface area contributed by atoms with Crippen molar-refractivity contribution in [3.05, 3.63) is 115 Å². The van der Waals surface area contributed by atoms with Crippen molar-refractivity contribution < 1.29 is 4.92 Å². The highest BCUT2D eigenvalue weighted by atomic mass is 35.5. The maximum Gasteiger partial charge on any atom is 0.270 e. The fourth-order valence-corrected chi connectivity index (χ4v) is 13.4. The second-order valence-electron chi connectivity index (χ2n) is 9.05. The van der Waals surface area contributed by atoms with Gasteiger partial charge in [0.2, 0.25) is 0 Å². The third-order valence-electron chi connectivity index (χ3n) is 6.42. The third kappa shape index (κ3) is 3.93. The summed E-state index contributed by atoms with van der Waals surface area (Å²) in [6, 6.07) is 22.2. The van der Waals surface area contributed by atoms with Crippen molar-refractivity contribution in [1.29, 1.82) is 0 Å². The second-order valence-corrected chi connectivity index (χ2v) is 15.5. The molecule has 0 amide bonds. The highest BCUT2D eigenvalue weighted by Gasteiger charge is 2.46. The average molecular weight is 558 g/mol. The van der Waals surface area contributed by atoms with Crippen molar-refractivity contribution in [2.75, 3.05) is 5.73 Å². The first kappa shape index (κ1) is 26.3. The molecule has 0 saturated heterocycles. The van der Waals surface area contributed by atoms with E-state index in [1.54, 1.807) is 18.2 Å². The molecule has 0 heterocycles. The number of rotatable bonds is 5. The summed E-state index contributed by atoms with van der Waals surface area (Å²) in [5.41, 5.74) is 10.6. The number of benzene rings is 4. The van der Waals surface area contributed by atoms with Gasteiger partial charge in [-0.15, -0.1) is 0 Å². The molecule has 0 radical (unpaired) electrons. The van der Waals surface area contributed by atoms with Gasteiger partial charge in [-0.2, -0.15) is 0 Å². The standard InChI is InChI=1S/C28H26Cl2N2O2S2/c1-17-5-9-25(19(3)13-17)36(35,26-10-6-18(2)14-20(26)4,27-11-7-21(31)15-23(27)29)28-12-8-22(32(33)34)16-24(28)30/h5-16H,31H2,1-4H3. The van der Waals surface area contributed by atoms with Gasteiger partial charge in [0, 0.05) is 37.4 Å². The molecule has 0 aliphatic heterocycles. The number of nitrogens with two attached hydrogens (primary N) is 1. The molecule has 0 bridgehead atoms. The summed E-state index contributed by atoms with van der Waals surface area (Å²) >= 11 is 21.0. The van der Waals surface area contributed by atoms with Crippen LogP contribution >= 0.6 is 23.2 Å². The van der Waals surface area contributed by atoms with E-state index in [0.717, 1.165) is 32.0 Å². The Morgan fingerprint density at radius 2 is 1.17 bits per heavy atom. The van der Waals surface area contributed by atoms with E-state index in [0.29, 0.717) is 20.5 Å². The Morgan fingerprint density at radius 1 is 0.722 bits per heavy atom. The number of halogens is 2. The first-order valence-electron chi connectivity index (χ1n) is 11.2. The van der Waals surface area contributed by atoms with Crippen LogP contribution in [0.4, 0.5) is 11.4 Å². The molecule has 4 rings (SSSR count). The molecule has 36 heavy (non-hydrogen) atoms. The maximum atomic E-state index is 11.6. The summed E-state index contributed by atoms with van der Waals surface area (Å²) in [6.45, 7) is 8.11. The number of non-ortho nitro benzene ring substituents is 1. The van der Waals surface area contributed by atoms with E-state index in [1.165, 1.54) is 12.1 Å². The molecule has 0 spiro atoms. The van der Waals surface area contributed by atoms with Crippen LogP contribution in [0.1, 0.15) is 22.3 Å². The Balaban J connectivity index is 2.37. The summed E-state index contributed by atoms with van der Waals surface area (Å²) in [7, 11) is -3.73. The first-order chi connectivity index (χ1) is 16.9.